The van der Waals surface area contributed by atoms with Crippen LogP contribution < -0.4 is 11.1 Å². The molecule has 20 heavy (non-hydrogen) atoms. The number of aromatic nitrogens is 1. The van der Waals surface area contributed by atoms with Gasteiger partial charge in [-0.2, -0.15) is 0 Å². The first-order valence-electron chi connectivity index (χ1n) is 7.35. The summed E-state index contributed by atoms with van der Waals surface area (Å²) in [5, 5.41) is 3.72. The van der Waals surface area contributed by atoms with Crippen LogP contribution in [-0.2, 0) is 0 Å². The van der Waals surface area contributed by atoms with E-state index < -0.39 is 0 Å². The minimum atomic E-state index is 0.302. The van der Waals surface area contributed by atoms with E-state index in [4.69, 9.17) is 18.0 Å². The molecule has 3 rings (SSSR count). The van der Waals surface area contributed by atoms with Crippen LogP contribution in [0.1, 0.15) is 45.6 Å². The van der Waals surface area contributed by atoms with Crippen LogP contribution >= 0.6 is 12.2 Å². The topological polar surface area (TPSA) is 50.9 Å². The maximum absolute atomic E-state index is 5.83. The number of fused-ring (bicyclic) bond motifs is 2. The average Bonchev–Trinajstić information content (AvgIpc) is 2.86. The fraction of sp³-hybridized carbons (Fsp3) is 0.625. The molecule has 3 atom stereocenters. The van der Waals surface area contributed by atoms with Crippen molar-refractivity contribution in [3.8, 4) is 0 Å². The summed E-state index contributed by atoms with van der Waals surface area (Å²) in [6, 6.07) is 2.35. The van der Waals surface area contributed by atoms with Crippen molar-refractivity contribution < 1.29 is 0 Å². The highest BCUT2D eigenvalue weighted by Gasteiger charge is 2.59. The Kier molecular flexibility index (Phi) is 3.05. The molecule has 0 spiro atoms. The second-order valence-electron chi connectivity index (χ2n) is 7.28. The molecular weight excluding hydrogens is 266 g/mol. The van der Waals surface area contributed by atoms with E-state index in [2.05, 4.69) is 31.1 Å². The lowest BCUT2D eigenvalue weighted by atomic mass is 9.68. The molecule has 0 saturated heterocycles. The van der Waals surface area contributed by atoms with Crippen LogP contribution in [0.4, 0.5) is 5.69 Å². The zero-order valence-electron chi connectivity index (χ0n) is 12.4. The lowest BCUT2D eigenvalue weighted by molar-refractivity contribution is 0.155. The van der Waals surface area contributed by atoms with Crippen LogP contribution in [0.15, 0.2) is 18.5 Å². The third-order valence-corrected chi connectivity index (χ3v) is 5.88. The van der Waals surface area contributed by atoms with Gasteiger partial charge in [-0.3, -0.25) is 4.98 Å². The van der Waals surface area contributed by atoms with Crippen LogP contribution in [0.2, 0.25) is 0 Å². The van der Waals surface area contributed by atoms with Gasteiger partial charge in [0.1, 0.15) is 4.99 Å². The Morgan fingerprint density at radius 3 is 2.80 bits per heavy atom. The first kappa shape index (κ1) is 13.8. The molecular formula is C16H23N3S. The number of nitrogens with two attached hydrogens (primary N) is 1. The van der Waals surface area contributed by atoms with Crippen LogP contribution in [0.25, 0.3) is 0 Å². The summed E-state index contributed by atoms with van der Waals surface area (Å²) in [6.45, 7) is 7.18. The van der Waals surface area contributed by atoms with E-state index in [-0.39, 0.29) is 0 Å². The average molecular weight is 289 g/mol. The van der Waals surface area contributed by atoms with Crippen LogP contribution in [0.5, 0.6) is 0 Å². The van der Waals surface area contributed by atoms with E-state index in [1.165, 1.54) is 19.3 Å². The first-order chi connectivity index (χ1) is 9.34. The monoisotopic (exact) mass is 289 g/mol. The van der Waals surface area contributed by atoms with E-state index in [0.717, 1.165) is 17.2 Å². The third-order valence-electron chi connectivity index (χ3n) is 5.66. The molecule has 2 fully saturated rings. The van der Waals surface area contributed by atoms with Gasteiger partial charge in [-0.15, -0.1) is 0 Å². The molecule has 0 aromatic carbocycles. The smallest absolute Gasteiger partial charge is 0.106 e. The SMILES string of the molecule is CC12CCC(C1)C(C)(C)C2Nc1cnccc1C(N)=S. The molecule has 3 unspecified atom stereocenters. The Hall–Kier alpha value is -1.16. The molecule has 4 heteroatoms. The number of hydrogen-bond donors (Lipinski definition) is 2. The van der Waals surface area contributed by atoms with Crippen molar-refractivity contribution >= 4 is 22.9 Å². The molecule has 2 saturated carbocycles. The zero-order valence-corrected chi connectivity index (χ0v) is 13.3. The number of pyridine rings is 1. The molecule has 1 heterocycles. The van der Waals surface area contributed by atoms with E-state index in [1.54, 1.807) is 6.20 Å². The first-order valence-corrected chi connectivity index (χ1v) is 7.76. The van der Waals surface area contributed by atoms with Gasteiger partial charge in [-0.25, -0.2) is 0 Å². The van der Waals surface area contributed by atoms with Crippen molar-refractivity contribution in [2.24, 2.45) is 22.5 Å². The maximum atomic E-state index is 5.83. The zero-order chi connectivity index (χ0) is 14.5. The Morgan fingerprint density at radius 1 is 1.45 bits per heavy atom. The molecule has 0 amide bonds. The van der Waals surface area contributed by atoms with E-state index >= 15 is 0 Å². The Labute approximate surface area is 126 Å². The Morgan fingerprint density at radius 2 is 2.20 bits per heavy atom. The van der Waals surface area contributed by atoms with Crippen LogP contribution in [-0.4, -0.2) is 16.0 Å². The number of rotatable bonds is 3. The maximum Gasteiger partial charge on any atom is 0.106 e. The van der Waals surface area contributed by atoms with Gasteiger partial charge in [0, 0.05) is 17.8 Å². The van der Waals surface area contributed by atoms with E-state index in [1.807, 2.05) is 12.3 Å². The summed E-state index contributed by atoms with van der Waals surface area (Å²) in [5.74, 6) is 0.815. The standard InChI is InChI=1S/C16H23N3S/c1-15(2)10-4-6-16(3,8-10)14(15)19-12-9-18-7-5-11(12)13(17)20/h5,7,9-10,14,19H,4,6,8H2,1-3H3,(H2,17,20). The predicted octanol–water partition coefficient (Wildman–Crippen LogP) is 3.34. The Balaban J connectivity index is 1.94. The van der Waals surface area contributed by atoms with Crippen molar-refractivity contribution in [3.05, 3.63) is 24.0 Å². The van der Waals surface area contributed by atoms with Gasteiger partial charge >= 0.3 is 0 Å². The van der Waals surface area contributed by atoms with Crippen molar-refractivity contribution in [2.75, 3.05) is 5.32 Å². The third kappa shape index (κ3) is 1.93. The van der Waals surface area contributed by atoms with Crippen molar-refractivity contribution in [1.29, 1.82) is 0 Å². The lowest BCUT2D eigenvalue weighted by Crippen LogP contribution is -2.46. The molecule has 3 N–H and O–H groups in total. The number of hydrogen-bond acceptors (Lipinski definition) is 3. The van der Waals surface area contributed by atoms with Gasteiger partial charge in [0.05, 0.1) is 11.9 Å². The molecule has 108 valence electrons. The molecule has 2 aliphatic rings. The summed E-state index contributed by atoms with van der Waals surface area (Å²) in [7, 11) is 0. The highest BCUT2D eigenvalue weighted by atomic mass is 32.1. The van der Waals surface area contributed by atoms with Crippen molar-refractivity contribution in [1.82, 2.24) is 4.98 Å². The van der Waals surface area contributed by atoms with E-state index in [0.29, 0.717) is 21.9 Å². The van der Waals surface area contributed by atoms with Crippen LogP contribution in [0.3, 0.4) is 0 Å². The number of nitrogens with zero attached hydrogens (tertiary/aromatic N) is 1. The fourth-order valence-corrected chi connectivity index (χ4v) is 4.72. The summed E-state index contributed by atoms with van der Waals surface area (Å²) >= 11 is 5.15. The van der Waals surface area contributed by atoms with Gasteiger partial charge in [-0.1, -0.05) is 33.0 Å². The van der Waals surface area contributed by atoms with Gasteiger partial charge in [0.15, 0.2) is 0 Å². The fourth-order valence-electron chi connectivity index (χ4n) is 4.54. The molecule has 1 aromatic rings. The van der Waals surface area contributed by atoms with Gasteiger partial charge < -0.3 is 11.1 Å². The number of anilines is 1. The Bertz CT molecular complexity index is 550. The van der Waals surface area contributed by atoms with Gasteiger partial charge in [0.2, 0.25) is 0 Å². The molecule has 0 aliphatic heterocycles. The molecule has 3 nitrogen and oxygen atoms in total. The molecule has 0 radical (unpaired) electrons. The molecule has 2 bridgehead atoms. The minimum Gasteiger partial charge on any atom is -0.389 e. The van der Waals surface area contributed by atoms with Crippen molar-refractivity contribution in [3.63, 3.8) is 0 Å². The summed E-state index contributed by atoms with van der Waals surface area (Å²) in [5.41, 5.74) is 8.38. The van der Waals surface area contributed by atoms with Crippen LogP contribution in [0, 0.1) is 16.7 Å². The van der Waals surface area contributed by atoms with Gasteiger partial charge in [0.25, 0.3) is 0 Å². The highest BCUT2D eigenvalue weighted by molar-refractivity contribution is 7.80. The second-order valence-corrected chi connectivity index (χ2v) is 7.72. The number of nitrogens with one attached hydrogen (secondary N) is 1. The second kappa shape index (κ2) is 4.42. The van der Waals surface area contributed by atoms with E-state index in [9.17, 15) is 0 Å². The molecule has 2 aliphatic carbocycles. The van der Waals surface area contributed by atoms with Gasteiger partial charge in [-0.05, 0) is 42.1 Å². The lowest BCUT2D eigenvalue weighted by Gasteiger charge is -2.43. The molecule has 1 aromatic heterocycles. The largest absolute Gasteiger partial charge is 0.389 e. The minimum absolute atomic E-state index is 0.302. The summed E-state index contributed by atoms with van der Waals surface area (Å²) in [4.78, 5) is 4.66. The predicted molar refractivity (Wildman–Crippen MR) is 86.8 cm³/mol. The highest BCUT2D eigenvalue weighted by Crippen LogP contribution is 2.63. The number of thiocarbonyl (C=S) groups is 1. The normalized spacial score (nSPS) is 34.1. The quantitative estimate of drug-likeness (QED) is 0.838. The van der Waals surface area contributed by atoms with Crippen molar-refractivity contribution in [2.45, 2.75) is 46.1 Å². The summed E-state index contributed by atoms with van der Waals surface area (Å²) < 4.78 is 0. The summed E-state index contributed by atoms with van der Waals surface area (Å²) in [6.07, 6.45) is 7.58.